The van der Waals surface area contributed by atoms with Crippen LogP contribution in [0, 0.1) is 0 Å². The van der Waals surface area contributed by atoms with E-state index in [0.29, 0.717) is 24.7 Å². The molecular formula is C13H12N2O3. The quantitative estimate of drug-likeness (QED) is 0.821. The minimum atomic E-state index is -0.0358. The first-order valence-electron chi connectivity index (χ1n) is 5.70. The fourth-order valence-electron chi connectivity index (χ4n) is 1.85. The van der Waals surface area contributed by atoms with Crippen LogP contribution in [0.1, 0.15) is 17.4 Å². The molecule has 0 atom stereocenters. The van der Waals surface area contributed by atoms with E-state index in [1.54, 1.807) is 6.07 Å². The number of ketones is 1. The summed E-state index contributed by atoms with van der Waals surface area (Å²) in [7, 11) is 0. The molecule has 5 heteroatoms. The van der Waals surface area contributed by atoms with E-state index in [4.69, 9.17) is 9.47 Å². The summed E-state index contributed by atoms with van der Waals surface area (Å²) in [6, 6.07) is 7.35. The highest BCUT2D eigenvalue weighted by Crippen LogP contribution is 2.33. The molecule has 0 amide bonds. The van der Waals surface area contributed by atoms with Gasteiger partial charge in [0, 0.05) is 12.5 Å². The molecule has 0 saturated heterocycles. The van der Waals surface area contributed by atoms with E-state index in [1.807, 2.05) is 18.2 Å². The predicted molar refractivity (Wildman–Crippen MR) is 65.0 cm³/mol. The zero-order valence-corrected chi connectivity index (χ0v) is 9.90. The van der Waals surface area contributed by atoms with Gasteiger partial charge in [0.25, 0.3) is 0 Å². The number of Topliss-reactive ketones (excluding diaryl/α,β-unsaturated/α-hetero) is 1. The Morgan fingerprint density at radius 1 is 1.22 bits per heavy atom. The van der Waals surface area contributed by atoms with Crippen LogP contribution in [-0.2, 0) is 0 Å². The summed E-state index contributed by atoms with van der Waals surface area (Å²) in [6.45, 7) is 2.63. The highest BCUT2D eigenvalue weighted by molar-refractivity contribution is 5.93. The number of rotatable bonds is 2. The SMILES string of the molecule is CC(=O)c1cc(-c2ccc3c(c2)OCCO3)n[nH]1. The molecule has 92 valence electrons. The van der Waals surface area contributed by atoms with Crippen molar-refractivity contribution in [1.29, 1.82) is 0 Å². The number of carbonyl (C=O) groups is 1. The molecule has 0 fully saturated rings. The zero-order valence-electron chi connectivity index (χ0n) is 9.90. The minimum absolute atomic E-state index is 0.0358. The molecule has 1 aromatic carbocycles. The van der Waals surface area contributed by atoms with Gasteiger partial charge in [-0.2, -0.15) is 5.10 Å². The van der Waals surface area contributed by atoms with Gasteiger partial charge in [-0.3, -0.25) is 9.89 Å². The molecule has 3 rings (SSSR count). The molecule has 1 aliphatic heterocycles. The first-order valence-corrected chi connectivity index (χ1v) is 5.70. The highest BCUT2D eigenvalue weighted by atomic mass is 16.6. The van der Waals surface area contributed by atoms with Gasteiger partial charge in [0.05, 0.1) is 5.69 Å². The van der Waals surface area contributed by atoms with Gasteiger partial charge in [-0.1, -0.05) is 0 Å². The number of nitrogens with one attached hydrogen (secondary N) is 1. The van der Waals surface area contributed by atoms with E-state index in [0.717, 1.165) is 17.0 Å². The van der Waals surface area contributed by atoms with Crippen LogP contribution in [0.5, 0.6) is 11.5 Å². The van der Waals surface area contributed by atoms with Crippen LogP contribution in [0.4, 0.5) is 0 Å². The van der Waals surface area contributed by atoms with Crippen molar-refractivity contribution >= 4 is 5.78 Å². The summed E-state index contributed by atoms with van der Waals surface area (Å²) in [4.78, 5) is 11.2. The highest BCUT2D eigenvalue weighted by Gasteiger charge is 2.14. The monoisotopic (exact) mass is 244 g/mol. The number of H-pyrrole nitrogens is 1. The van der Waals surface area contributed by atoms with E-state index >= 15 is 0 Å². The van der Waals surface area contributed by atoms with Crippen molar-refractivity contribution in [2.24, 2.45) is 0 Å². The largest absolute Gasteiger partial charge is 0.486 e. The lowest BCUT2D eigenvalue weighted by Gasteiger charge is -2.18. The summed E-state index contributed by atoms with van der Waals surface area (Å²) in [5.41, 5.74) is 2.11. The van der Waals surface area contributed by atoms with Gasteiger partial charge < -0.3 is 9.47 Å². The second-order valence-corrected chi connectivity index (χ2v) is 4.08. The van der Waals surface area contributed by atoms with Gasteiger partial charge in [-0.15, -0.1) is 0 Å². The van der Waals surface area contributed by atoms with Crippen molar-refractivity contribution in [2.45, 2.75) is 6.92 Å². The molecule has 0 aliphatic carbocycles. The molecule has 1 aromatic heterocycles. The van der Waals surface area contributed by atoms with Crippen LogP contribution in [0.2, 0.25) is 0 Å². The van der Waals surface area contributed by atoms with E-state index in [2.05, 4.69) is 10.2 Å². The van der Waals surface area contributed by atoms with E-state index in [1.165, 1.54) is 6.92 Å². The Kier molecular flexibility index (Phi) is 2.51. The summed E-state index contributed by atoms with van der Waals surface area (Å²) in [5.74, 6) is 1.42. The number of aromatic amines is 1. The Hall–Kier alpha value is -2.30. The minimum Gasteiger partial charge on any atom is -0.486 e. The average Bonchev–Trinajstić information content (AvgIpc) is 2.88. The maximum absolute atomic E-state index is 11.2. The summed E-state index contributed by atoms with van der Waals surface area (Å²) < 4.78 is 11.0. The van der Waals surface area contributed by atoms with Gasteiger partial charge in [0.2, 0.25) is 0 Å². The lowest BCUT2D eigenvalue weighted by atomic mass is 10.1. The maximum atomic E-state index is 11.2. The number of hydrogen-bond donors (Lipinski definition) is 1. The van der Waals surface area contributed by atoms with Gasteiger partial charge in [0.1, 0.15) is 18.9 Å². The van der Waals surface area contributed by atoms with Gasteiger partial charge in [-0.05, 0) is 24.3 Å². The zero-order chi connectivity index (χ0) is 12.5. The molecule has 2 aromatic rings. The van der Waals surface area contributed by atoms with Crippen molar-refractivity contribution in [3.05, 3.63) is 30.0 Å². The number of benzene rings is 1. The molecule has 0 saturated carbocycles. The molecule has 2 heterocycles. The third-order valence-electron chi connectivity index (χ3n) is 2.80. The second-order valence-electron chi connectivity index (χ2n) is 4.08. The molecule has 0 radical (unpaired) electrons. The van der Waals surface area contributed by atoms with Crippen molar-refractivity contribution in [3.63, 3.8) is 0 Å². The number of carbonyl (C=O) groups excluding carboxylic acids is 1. The Bertz CT molecular complexity index is 604. The number of aromatic nitrogens is 2. The Labute approximate surface area is 104 Å². The number of nitrogens with zero attached hydrogens (tertiary/aromatic N) is 1. The normalized spacial score (nSPS) is 13.4. The molecule has 0 bridgehead atoms. The number of fused-ring (bicyclic) bond motifs is 1. The maximum Gasteiger partial charge on any atom is 0.177 e. The average molecular weight is 244 g/mol. The van der Waals surface area contributed by atoms with Crippen LogP contribution >= 0.6 is 0 Å². The Morgan fingerprint density at radius 3 is 2.72 bits per heavy atom. The second kappa shape index (κ2) is 4.18. The molecule has 1 aliphatic rings. The first-order chi connectivity index (χ1) is 8.74. The van der Waals surface area contributed by atoms with Gasteiger partial charge in [-0.25, -0.2) is 0 Å². The lowest BCUT2D eigenvalue weighted by molar-refractivity contribution is 0.101. The Morgan fingerprint density at radius 2 is 2.00 bits per heavy atom. The first kappa shape index (κ1) is 10.8. The summed E-state index contributed by atoms with van der Waals surface area (Å²) in [6.07, 6.45) is 0. The predicted octanol–water partition coefficient (Wildman–Crippen LogP) is 2.05. The fraction of sp³-hybridized carbons (Fsp3) is 0.231. The third kappa shape index (κ3) is 1.84. The summed E-state index contributed by atoms with van der Waals surface area (Å²) in [5, 5.41) is 6.83. The van der Waals surface area contributed by atoms with Crippen molar-refractivity contribution < 1.29 is 14.3 Å². The lowest BCUT2D eigenvalue weighted by Crippen LogP contribution is -2.15. The molecule has 18 heavy (non-hydrogen) atoms. The topological polar surface area (TPSA) is 64.2 Å². The molecule has 5 nitrogen and oxygen atoms in total. The van der Waals surface area contributed by atoms with Crippen LogP contribution in [0.25, 0.3) is 11.3 Å². The van der Waals surface area contributed by atoms with Crippen molar-refractivity contribution in [2.75, 3.05) is 13.2 Å². The molecule has 1 N–H and O–H groups in total. The molecular weight excluding hydrogens is 232 g/mol. The van der Waals surface area contributed by atoms with Crippen molar-refractivity contribution in [1.82, 2.24) is 10.2 Å². The fourth-order valence-corrected chi connectivity index (χ4v) is 1.85. The van der Waals surface area contributed by atoms with Crippen LogP contribution in [0.3, 0.4) is 0 Å². The van der Waals surface area contributed by atoms with Gasteiger partial charge in [0.15, 0.2) is 17.3 Å². The standard InChI is InChI=1S/C13H12N2O3/c1-8(16)10-7-11(15-14-10)9-2-3-12-13(6-9)18-5-4-17-12/h2-3,6-7H,4-5H2,1H3,(H,14,15). The van der Waals surface area contributed by atoms with E-state index in [-0.39, 0.29) is 5.78 Å². The van der Waals surface area contributed by atoms with Crippen LogP contribution in [0.15, 0.2) is 24.3 Å². The summed E-state index contributed by atoms with van der Waals surface area (Å²) >= 11 is 0. The van der Waals surface area contributed by atoms with Gasteiger partial charge >= 0.3 is 0 Å². The Balaban J connectivity index is 1.98. The molecule has 0 spiro atoms. The van der Waals surface area contributed by atoms with Crippen molar-refractivity contribution in [3.8, 4) is 22.8 Å². The number of hydrogen-bond acceptors (Lipinski definition) is 4. The smallest absolute Gasteiger partial charge is 0.177 e. The third-order valence-corrected chi connectivity index (χ3v) is 2.80. The molecule has 0 unspecified atom stereocenters. The number of ether oxygens (including phenoxy) is 2. The van der Waals surface area contributed by atoms with Crippen LogP contribution in [-0.4, -0.2) is 29.2 Å². The van der Waals surface area contributed by atoms with E-state index < -0.39 is 0 Å². The van der Waals surface area contributed by atoms with E-state index in [9.17, 15) is 4.79 Å². The van der Waals surface area contributed by atoms with Crippen LogP contribution < -0.4 is 9.47 Å².